The Morgan fingerprint density at radius 3 is 2.55 bits per heavy atom. The van der Waals surface area contributed by atoms with Gasteiger partial charge < -0.3 is 15.2 Å². The fourth-order valence-corrected chi connectivity index (χ4v) is 2.23. The van der Waals surface area contributed by atoms with Crippen molar-refractivity contribution in [3.05, 3.63) is 28.3 Å². The van der Waals surface area contributed by atoms with Crippen molar-refractivity contribution in [2.75, 3.05) is 19.0 Å². The lowest BCUT2D eigenvalue weighted by molar-refractivity contribution is -0.384. The molecule has 0 bridgehead atoms. The number of benzene rings is 1. The fraction of sp³-hybridized carbons (Fsp3) is 0.571. The van der Waals surface area contributed by atoms with Crippen LogP contribution in [0.4, 0.5) is 11.4 Å². The first-order valence-electron chi connectivity index (χ1n) is 6.78. The van der Waals surface area contributed by atoms with Gasteiger partial charge in [-0.25, -0.2) is 0 Å². The number of hydrogen-bond acceptors (Lipinski definition) is 5. The summed E-state index contributed by atoms with van der Waals surface area (Å²) in [6.07, 6.45) is 1.22. The normalized spacial score (nSPS) is 12.2. The molecule has 2 N–H and O–H groups in total. The van der Waals surface area contributed by atoms with Crippen molar-refractivity contribution in [3.8, 4) is 5.75 Å². The number of nitrogens with one attached hydrogen (secondary N) is 1. The molecule has 0 amide bonds. The van der Waals surface area contributed by atoms with Crippen LogP contribution in [-0.2, 0) is 0 Å². The third-order valence-corrected chi connectivity index (χ3v) is 3.50. The maximum Gasteiger partial charge on any atom is 0.333 e. The SMILES string of the molecule is CCC(CC)C(O)CNc1cccc(OC)c1[N+](=O)[O-]. The average Bonchev–Trinajstić information content (AvgIpc) is 2.45. The molecule has 1 atom stereocenters. The van der Waals surface area contributed by atoms with Crippen LogP contribution in [0.25, 0.3) is 0 Å². The first-order chi connectivity index (χ1) is 9.54. The number of aliphatic hydroxyl groups excluding tert-OH is 1. The molecule has 0 spiro atoms. The van der Waals surface area contributed by atoms with Gasteiger partial charge in [0.2, 0.25) is 0 Å². The number of nitro benzene ring substituents is 1. The van der Waals surface area contributed by atoms with Crippen LogP contribution in [0.5, 0.6) is 5.75 Å². The van der Waals surface area contributed by atoms with Crippen LogP contribution >= 0.6 is 0 Å². The summed E-state index contributed by atoms with van der Waals surface area (Å²) in [5.74, 6) is 0.393. The number of para-hydroxylation sites is 1. The van der Waals surface area contributed by atoms with Crippen molar-refractivity contribution >= 4 is 11.4 Å². The van der Waals surface area contributed by atoms with Crippen LogP contribution in [0.1, 0.15) is 26.7 Å². The van der Waals surface area contributed by atoms with Gasteiger partial charge in [0.15, 0.2) is 5.75 Å². The molecule has 1 rings (SSSR count). The Bertz CT molecular complexity index is 447. The molecule has 1 aromatic carbocycles. The number of hydrogen-bond donors (Lipinski definition) is 2. The lowest BCUT2D eigenvalue weighted by Crippen LogP contribution is -2.27. The maximum atomic E-state index is 11.1. The van der Waals surface area contributed by atoms with Gasteiger partial charge in [0.05, 0.1) is 18.1 Å². The van der Waals surface area contributed by atoms with E-state index in [2.05, 4.69) is 5.32 Å². The number of methoxy groups -OCH3 is 1. The van der Waals surface area contributed by atoms with E-state index in [4.69, 9.17) is 4.74 Å². The zero-order valence-corrected chi connectivity index (χ0v) is 12.1. The molecule has 0 heterocycles. The second-order valence-electron chi connectivity index (χ2n) is 4.64. The number of aliphatic hydroxyl groups is 1. The lowest BCUT2D eigenvalue weighted by atomic mass is 9.96. The van der Waals surface area contributed by atoms with Gasteiger partial charge in [-0.1, -0.05) is 32.8 Å². The van der Waals surface area contributed by atoms with Gasteiger partial charge in [0.1, 0.15) is 5.69 Å². The number of nitro groups is 1. The highest BCUT2D eigenvalue weighted by Crippen LogP contribution is 2.34. The Morgan fingerprint density at radius 2 is 2.05 bits per heavy atom. The highest BCUT2D eigenvalue weighted by atomic mass is 16.6. The van der Waals surface area contributed by atoms with E-state index < -0.39 is 11.0 Å². The number of rotatable bonds is 8. The third-order valence-electron chi connectivity index (χ3n) is 3.50. The molecule has 0 radical (unpaired) electrons. The molecular formula is C14H22N2O4. The second-order valence-corrected chi connectivity index (χ2v) is 4.64. The Labute approximate surface area is 118 Å². The third kappa shape index (κ3) is 3.84. The Hall–Kier alpha value is -1.82. The standard InChI is InChI=1S/C14H22N2O4/c1-4-10(5-2)12(17)9-15-11-7-6-8-13(20-3)14(11)16(18)19/h6-8,10,12,15,17H,4-5,9H2,1-3H3. The van der Waals surface area contributed by atoms with Gasteiger partial charge in [0.25, 0.3) is 0 Å². The molecule has 0 aliphatic rings. The van der Waals surface area contributed by atoms with Crippen molar-refractivity contribution in [2.45, 2.75) is 32.8 Å². The van der Waals surface area contributed by atoms with Gasteiger partial charge in [-0.2, -0.15) is 0 Å². The molecule has 0 aliphatic carbocycles. The van der Waals surface area contributed by atoms with Crippen molar-refractivity contribution < 1.29 is 14.8 Å². The summed E-state index contributed by atoms with van der Waals surface area (Å²) in [6, 6.07) is 4.83. The van der Waals surface area contributed by atoms with E-state index in [9.17, 15) is 15.2 Å². The van der Waals surface area contributed by atoms with Crippen LogP contribution < -0.4 is 10.1 Å². The molecule has 20 heavy (non-hydrogen) atoms. The van der Waals surface area contributed by atoms with Crippen LogP contribution in [0.2, 0.25) is 0 Å². The Morgan fingerprint density at radius 1 is 1.40 bits per heavy atom. The summed E-state index contributed by atoms with van der Waals surface area (Å²) in [6.45, 7) is 4.32. The number of nitrogens with zero attached hydrogens (tertiary/aromatic N) is 1. The first kappa shape index (κ1) is 16.2. The van der Waals surface area contributed by atoms with Crippen LogP contribution in [0.15, 0.2) is 18.2 Å². The van der Waals surface area contributed by atoms with E-state index in [1.54, 1.807) is 18.2 Å². The minimum atomic E-state index is -0.532. The quantitative estimate of drug-likeness (QED) is 0.565. The predicted molar refractivity (Wildman–Crippen MR) is 78.2 cm³/mol. The second kappa shape index (κ2) is 7.69. The molecule has 6 nitrogen and oxygen atoms in total. The highest BCUT2D eigenvalue weighted by Gasteiger charge is 2.22. The monoisotopic (exact) mass is 282 g/mol. The summed E-state index contributed by atoms with van der Waals surface area (Å²) in [5.41, 5.74) is 0.256. The van der Waals surface area contributed by atoms with Gasteiger partial charge in [0, 0.05) is 6.54 Å². The summed E-state index contributed by atoms with van der Waals surface area (Å²) in [7, 11) is 1.39. The minimum absolute atomic E-state index is 0.105. The molecule has 6 heteroatoms. The van der Waals surface area contributed by atoms with Crippen LogP contribution in [0, 0.1) is 16.0 Å². The van der Waals surface area contributed by atoms with Gasteiger partial charge in [-0.3, -0.25) is 10.1 Å². The van der Waals surface area contributed by atoms with Gasteiger partial charge >= 0.3 is 5.69 Å². The molecule has 112 valence electrons. The van der Waals surface area contributed by atoms with E-state index in [0.29, 0.717) is 5.69 Å². The average molecular weight is 282 g/mol. The van der Waals surface area contributed by atoms with Gasteiger partial charge in [-0.15, -0.1) is 0 Å². The zero-order chi connectivity index (χ0) is 15.1. The number of anilines is 1. The van der Waals surface area contributed by atoms with E-state index in [1.165, 1.54) is 7.11 Å². The van der Waals surface area contributed by atoms with E-state index in [-0.39, 0.29) is 23.9 Å². The molecule has 0 aliphatic heterocycles. The smallest absolute Gasteiger partial charge is 0.333 e. The van der Waals surface area contributed by atoms with Crippen molar-refractivity contribution in [1.29, 1.82) is 0 Å². The maximum absolute atomic E-state index is 11.1. The highest BCUT2D eigenvalue weighted by molar-refractivity contribution is 5.68. The van der Waals surface area contributed by atoms with Crippen molar-refractivity contribution in [3.63, 3.8) is 0 Å². The molecular weight excluding hydrogens is 260 g/mol. The molecule has 0 fully saturated rings. The van der Waals surface area contributed by atoms with E-state index in [0.717, 1.165) is 12.8 Å². The fourth-order valence-electron chi connectivity index (χ4n) is 2.23. The first-order valence-corrected chi connectivity index (χ1v) is 6.78. The molecule has 0 aromatic heterocycles. The molecule has 0 saturated carbocycles. The summed E-state index contributed by atoms with van der Waals surface area (Å²) in [4.78, 5) is 10.6. The largest absolute Gasteiger partial charge is 0.490 e. The Kier molecular flexibility index (Phi) is 6.24. The summed E-state index contributed by atoms with van der Waals surface area (Å²) in [5, 5.41) is 24.1. The van der Waals surface area contributed by atoms with Gasteiger partial charge in [-0.05, 0) is 18.1 Å². The molecule has 1 unspecified atom stereocenters. The summed E-state index contributed by atoms with van der Waals surface area (Å²) >= 11 is 0. The molecule has 0 saturated heterocycles. The minimum Gasteiger partial charge on any atom is -0.490 e. The van der Waals surface area contributed by atoms with Crippen molar-refractivity contribution in [1.82, 2.24) is 0 Å². The lowest BCUT2D eigenvalue weighted by Gasteiger charge is -2.21. The zero-order valence-electron chi connectivity index (χ0n) is 12.1. The van der Waals surface area contributed by atoms with Crippen molar-refractivity contribution in [2.24, 2.45) is 5.92 Å². The molecule has 1 aromatic rings. The van der Waals surface area contributed by atoms with Crippen LogP contribution in [-0.4, -0.2) is 29.8 Å². The predicted octanol–water partition coefficient (Wildman–Crippen LogP) is 2.81. The van der Waals surface area contributed by atoms with E-state index in [1.807, 2.05) is 13.8 Å². The summed E-state index contributed by atoms with van der Waals surface area (Å²) < 4.78 is 5.00. The van der Waals surface area contributed by atoms with Crippen LogP contribution in [0.3, 0.4) is 0 Å². The van der Waals surface area contributed by atoms with E-state index >= 15 is 0 Å². The number of ether oxygens (including phenoxy) is 1. The topological polar surface area (TPSA) is 84.6 Å². The Balaban J connectivity index is 2.85.